The fourth-order valence-electron chi connectivity index (χ4n) is 1.27. The highest BCUT2D eigenvalue weighted by atomic mass is 127. The highest BCUT2D eigenvalue weighted by Gasteiger charge is 2.22. The molecule has 1 rings (SSSR count). The zero-order valence-electron chi connectivity index (χ0n) is 8.32. The van der Waals surface area contributed by atoms with Gasteiger partial charge in [-0.15, -0.1) is 0 Å². The molecule has 68 valence electrons. The van der Waals surface area contributed by atoms with E-state index in [4.69, 9.17) is 0 Å². The molecule has 0 bridgehead atoms. The lowest BCUT2D eigenvalue weighted by atomic mass is 9.82. The van der Waals surface area contributed by atoms with Crippen LogP contribution in [-0.4, -0.2) is 3.42 Å². The van der Waals surface area contributed by atoms with Crippen molar-refractivity contribution in [2.24, 2.45) is 5.41 Å². The van der Waals surface area contributed by atoms with Gasteiger partial charge in [0.15, 0.2) is 0 Å². The van der Waals surface area contributed by atoms with Gasteiger partial charge >= 0.3 is 0 Å². The summed E-state index contributed by atoms with van der Waals surface area (Å²) in [6, 6.07) is 0. The maximum atomic E-state index is 2.50. The maximum Gasteiger partial charge on any atom is 0.0410 e. The van der Waals surface area contributed by atoms with Crippen LogP contribution in [0.4, 0.5) is 0 Å². The van der Waals surface area contributed by atoms with Gasteiger partial charge in [0.05, 0.1) is 0 Å². The molecule has 0 saturated heterocycles. The molecule has 0 saturated carbocycles. The van der Waals surface area contributed by atoms with Gasteiger partial charge < -0.3 is 0 Å². The van der Waals surface area contributed by atoms with E-state index in [1.54, 1.807) is 0 Å². The molecule has 1 aliphatic carbocycles. The Balaban J connectivity index is 2.78. The quantitative estimate of drug-likeness (QED) is 0.461. The minimum absolute atomic E-state index is 0.309. The van der Waals surface area contributed by atoms with Gasteiger partial charge in [-0.1, -0.05) is 61.6 Å². The van der Waals surface area contributed by atoms with Crippen LogP contribution in [0.25, 0.3) is 0 Å². The Bertz CT molecular complexity index is 226. The molecule has 12 heavy (non-hydrogen) atoms. The van der Waals surface area contributed by atoms with E-state index in [-0.39, 0.29) is 0 Å². The van der Waals surface area contributed by atoms with Gasteiger partial charge in [0.1, 0.15) is 0 Å². The Hall–Kier alpha value is 0.210. The van der Waals surface area contributed by atoms with Crippen molar-refractivity contribution in [1.82, 2.24) is 0 Å². The highest BCUT2D eigenvalue weighted by molar-refractivity contribution is 14.1. The number of alkyl halides is 1. The van der Waals surface area contributed by atoms with Gasteiger partial charge in [-0.2, -0.15) is 0 Å². The second-order valence-corrected chi connectivity index (χ2v) is 7.19. The summed E-state index contributed by atoms with van der Waals surface area (Å²) in [7, 11) is 0. The van der Waals surface area contributed by atoms with Gasteiger partial charge in [0.25, 0.3) is 0 Å². The van der Waals surface area contributed by atoms with E-state index in [2.05, 4.69) is 68.5 Å². The van der Waals surface area contributed by atoms with Crippen LogP contribution in [0.2, 0.25) is 0 Å². The molecule has 0 aromatic heterocycles. The van der Waals surface area contributed by atoms with Crippen LogP contribution in [0.5, 0.6) is 0 Å². The Labute approximate surface area is 89.3 Å². The van der Waals surface area contributed by atoms with E-state index in [9.17, 15) is 0 Å². The number of hydrogen-bond acceptors (Lipinski definition) is 0. The van der Waals surface area contributed by atoms with E-state index in [0.717, 1.165) is 6.42 Å². The van der Waals surface area contributed by atoms with Crippen LogP contribution in [0, 0.1) is 5.41 Å². The van der Waals surface area contributed by atoms with Crippen molar-refractivity contribution in [3.8, 4) is 0 Å². The average molecular weight is 276 g/mol. The number of halogens is 1. The summed E-state index contributed by atoms with van der Waals surface area (Å²) in [5, 5.41) is 0. The van der Waals surface area contributed by atoms with Crippen molar-refractivity contribution in [2.45, 2.75) is 37.5 Å². The van der Waals surface area contributed by atoms with Gasteiger partial charge in [0, 0.05) is 3.42 Å². The van der Waals surface area contributed by atoms with Crippen LogP contribution < -0.4 is 0 Å². The molecule has 0 aliphatic heterocycles. The van der Waals surface area contributed by atoms with Crippen molar-refractivity contribution >= 4 is 22.6 Å². The van der Waals surface area contributed by atoms with Gasteiger partial charge in [-0.3, -0.25) is 0 Å². The number of rotatable bonds is 0. The minimum Gasteiger partial charge on any atom is -0.0792 e. The Morgan fingerprint density at radius 2 is 2.00 bits per heavy atom. The van der Waals surface area contributed by atoms with Crippen LogP contribution >= 0.6 is 22.6 Å². The summed E-state index contributed by atoms with van der Waals surface area (Å²) >= 11 is 2.50. The fraction of sp³-hybridized carbons (Fsp3) is 0.636. The first-order chi connectivity index (χ1) is 5.31. The lowest BCUT2D eigenvalue weighted by molar-refractivity contribution is 0.510. The lowest BCUT2D eigenvalue weighted by Crippen LogP contribution is -2.17. The van der Waals surface area contributed by atoms with Gasteiger partial charge in [0.2, 0.25) is 0 Å². The first-order valence-corrected chi connectivity index (χ1v) is 5.48. The van der Waals surface area contributed by atoms with E-state index < -0.39 is 0 Å². The molecular weight excluding hydrogens is 259 g/mol. The second-order valence-electron chi connectivity index (χ2n) is 4.72. The largest absolute Gasteiger partial charge is 0.0792 e. The van der Waals surface area contributed by atoms with Crippen LogP contribution in [0.1, 0.15) is 34.1 Å². The van der Waals surface area contributed by atoms with E-state index in [0.29, 0.717) is 8.84 Å². The molecule has 1 atom stereocenters. The Morgan fingerprint density at radius 3 is 2.33 bits per heavy atom. The molecule has 0 heterocycles. The van der Waals surface area contributed by atoms with Crippen molar-refractivity contribution in [1.29, 1.82) is 0 Å². The summed E-state index contributed by atoms with van der Waals surface area (Å²) in [4.78, 5) is 0. The summed E-state index contributed by atoms with van der Waals surface area (Å²) in [5.74, 6) is 0. The molecule has 0 aromatic carbocycles. The maximum absolute atomic E-state index is 2.50. The Kier molecular flexibility index (Phi) is 2.72. The van der Waals surface area contributed by atoms with Crippen LogP contribution in [-0.2, 0) is 0 Å². The number of hydrogen-bond donors (Lipinski definition) is 0. The molecule has 0 fully saturated rings. The van der Waals surface area contributed by atoms with Crippen molar-refractivity contribution in [2.75, 3.05) is 0 Å². The number of allylic oxidation sites excluding steroid dienone is 4. The molecular formula is C11H17I. The standard InChI is InChI=1S/C11H17I/c1-10(2,3)9-5-7-11(4,12)8-6-9/h5-7H,8H2,1-4H3. The Morgan fingerprint density at radius 1 is 1.42 bits per heavy atom. The predicted octanol–water partition coefficient (Wildman–Crippen LogP) is 4.11. The topological polar surface area (TPSA) is 0 Å². The zero-order chi connectivity index (χ0) is 9.41. The van der Waals surface area contributed by atoms with Gasteiger partial charge in [-0.25, -0.2) is 0 Å². The van der Waals surface area contributed by atoms with E-state index in [1.807, 2.05) is 0 Å². The summed E-state index contributed by atoms with van der Waals surface area (Å²) in [5.41, 5.74) is 1.78. The molecule has 0 aromatic rings. The smallest absolute Gasteiger partial charge is 0.0410 e. The normalized spacial score (nSPS) is 30.2. The van der Waals surface area contributed by atoms with Crippen molar-refractivity contribution < 1.29 is 0 Å². The molecule has 0 N–H and O–H groups in total. The van der Waals surface area contributed by atoms with Crippen LogP contribution in [0.3, 0.4) is 0 Å². The highest BCUT2D eigenvalue weighted by Crippen LogP contribution is 2.35. The second kappa shape index (κ2) is 3.17. The molecule has 1 aliphatic rings. The van der Waals surface area contributed by atoms with Gasteiger partial charge in [-0.05, 0) is 24.3 Å². The fourth-order valence-corrected chi connectivity index (χ4v) is 1.67. The molecule has 1 heteroatoms. The first-order valence-electron chi connectivity index (χ1n) is 4.40. The molecule has 0 radical (unpaired) electrons. The SMILES string of the molecule is CC1(I)C=CC(C(C)(C)C)=CC1. The van der Waals surface area contributed by atoms with E-state index in [1.165, 1.54) is 5.57 Å². The zero-order valence-corrected chi connectivity index (χ0v) is 10.5. The van der Waals surface area contributed by atoms with Crippen LogP contribution in [0.15, 0.2) is 23.8 Å². The molecule has 0 amide bonds. The van der Waals surface area contributed by atoms with Crippen molar-refractivity contribution in [3.05, 3.63) is 23.8 Å². The lowest BCUT2D eigenvalue weighted by Gasteiger charge is -2.27. The van der Waals surface area contributed by atoms with E-state index >= 15 is 0 Å². The molecule has 0 spiro atoms. The molecule has 1 unspecified atom stereocenters. The monoisotopic (exact) mass is 276 g/mol. The van der Waals surface area contributed by atoms with Crippen molar-refractivity contribution in [3.63, 3.8) is 0 Å². The molecule has 0 nitrogen and oxygen atoms in total. The minimum atomic E-state index is 0.309. The first kappa shape index (κ1) is 10.3. The summed E-state index contributed by atoms with van der Waals surface area (Å²) < 4.78 is 0.340. The summed E-state index contributed by atoms with van der Waals surface area (Å²) in [6.45, 7) is 9.05. The summed E-state index contributed by atoms with van der Waals surface area (Å²) in [6.07, 6.45) is 8.12. The average Bonchev–Trinajstić information content (AvgIpc) is 1.83. The third-order valence-corrected chi connectivity index (χ3v) is 3.00. The predicted molar refractivity (Wildman–Crippen MR) is 63.7 cm³/mol. The third-order valence-electron chi connectivity index (χ3n) is 2.20. The third kappa shape index (κ3) is 2.61.